The number of benzene rings is 1. The maximum absolute atomic E-state index is 11.7. The minimum absolute atomic E-state index is 0.186. The second kappa shape index (κ2) is 8.87. The molecule has 0 aromatic heterocycles. The minimum atomic E-state index is -0.970. The Balaban J connectivity index is 1.84. The van der Waals surface area contributed by atoms with Gasteiger partial charge in [0.05, 0.1) is 13.7 Å². The molecule has 2 saturated heterocycles. The van der Waals surface area contributed by atoms with Gasteiger partial charge in [-0.1, -0.05) is 12.1 Å². The third-order valence-corrected chi connectivity index (χ3v) is 4.51. The highest BCUT2D eigenvalue weighted by atomic mass is 16.8. The van der Waals surface area contributed by atoms with Crippen LogP contribution in [-0.4, -0.2) is 63.5 Å². The number of methoxy groups -OCH3 is 2. The van der Waals surface area contributed by atoms with Crippen LogP contribution in [0.5, 0.6) is 5.75 Å². The Kier molecular flexibility index (Phi) is 6.50. The zero-order chi connectivity index (χ0) is 20.3. The molecule has 0 radical (unpaired) electrons. The van der Waals surface area contributed by atoms with Gasteiger partial charge in [0.25, 0.3) is 0 Å². The Bertz CT molecular complexity index is 689. The first-order valence-electron chi connectivity index (χ1n) is 8.86. The molecule has 0 bridgehead atoms. The van der Waals surface area contributed by atoms with Crippen molar-refractivity contribution in [3.8, 4) is 5.75 Å². The van der Waals surface area contributed by atoms with Crippen LogP contribution in [-0.2, 0) is 38.0 Å². The molecule has 2 fully saturated rings. The standard InChI is InChI=1S/C19H24O9/c1-10(20)25-16-15-14(27-19(23-4)17(16)26-11(2)21)9-24-18(28-15)12-5-7-13(22-3)8-6-12/h5-8,14-19H,9H2,1-4H3/t14-,15+,16+,17-,18+,19+/m1/s1. The monoisotopic (exact) mass is 396 g/mol. The average Bonchev–Trinajstić information content (AvgIpc) is 2.68. The molecule has 0 saturated carbocycles. The first-order chi connectivity index (χ1) is 13.4. The first-order valence-corrected chi connectivity index (χ1v) is 8.86. The average molecular weight is 396 g/mol. The van der Waals surface area contributed by atoms with Gasteiger partial charge in [0.1, 0.15) is 18.0 Å². The summed E-state index contributed by atoms with van der Waals surface area (Å²) < 4.78 is 38.9. The van der Waals surface area contributed by atoms with Gasteiger partial charge >= 0.3 is 11.9 Å². The summed E-state index contributed by atoms with van der Waals surface area (Å²) in [5, 5.41) is 0. The summed E-state index contributed by atoms with van der Waals surface area (Å²) in [5.41, 5.74) is 0.763. The zero-order valence-corrected chi connectivity index (χ0v) is 16.2. The van der Waals surface area contributed by atoms with Gasteiger partial charge in [0, 0.05) is 26.5 Å². The van der Waals surface area contributed by atoms with Gasteiger partial charge in [0.15, 0.2) is 24.8 Å². The third kappa shape index (κ3) is 4.44. The van der Waals surface area contributed by atoms with Crippen LogP contribution in [0.4, 0.5) is 0 Å². The molecule has 9 heteroatoms. The Morgan fingerprint density at radius 2 is 1.61 bits per heavy atom. The minimum Gasteiger partial charge on any atom is -0.497 e. The van der Waals surface area contributed by atoms with Crippen molar-refractivity contribution >= 4 is 11.9 Å². The predicted octanol–water partition coefficient (Wildman–Crippen LogP) is 1.34. The first kappa shape index (κ1) is 20.5. The van der Waals surface area contributed by atoms with Crippen LogP contribution in [0.1, 0.15) is 25.7 Å². The van der Waals surface area contributed by atoms with Gasteiger partial charge in [-0.2, -0.15) is 0 Å². The summed E-state index contributed by atoms with van der Waals surface area (Å²) in [7, 11) is 2.99. The van der Waals surface area contributed by atoms with Crippen molar-refractivity contribution in [1.29, 1.82) is 0 Å². The molecule has 1 aromatic carbocycles. The van der Waals surface area contributed by atoms with Crippen LogP contribution in [0.2, 0.25) is 0 Å². The molecule has 6 atom stereocenters. The number of carbonyl (C=O) groups excluding carboxylic acids is 2. The lowest BCUT2D eigenvalue weighted by Gasteiger charge is -2.47. The maximum atomic E-state index is 11.7. The van der Waals surface area contributed by atoms with Crippen molar-refractivity contribution < 1.29 is 42.7 Å². The van der Waals surface area contributed by atoms with Crippen LogP contribution in [0.25, 0.3) is 0 Å². The summed E-state index contributed by atoms with van der Waals surface area (Å²) >= 11 is 0. The smallest absolute Gasteiger partial charge is 0.303 e. The largest absolute Gasteiger partial charge is 0.497 e. The highest BCUT2D eigenvalue weighted by Crippen LogP contribution is 2.36. The van der Waals surface area contributed by atoms with Gasteiger partial charge in [0.2, 0.25) is 0 Å². The molecule has 154 valence electrons. The highest BCUT2D eigenvalue weighted by Gasteiger charge is 2.53. The van der Waals surface area contributed by atoms with E-state index in [4.69, 9.17) is 33.2 Å². The van der Waals surface area contributed by atoms with Crippen LogP contribution in [0, 0.1) is 0 Å². The second-order valence-electron chi connectivity index (χ2n) is 6.47. The van der Waals surface area contributed by atoms with E-state index in [9.17, 15) is 9.59 Å². The lowest BCUT2D eigenvalue weighted by Crippen LogP contribution is -2.64. The molecule has 3 rings (SSSR count). The van der Waals surface area contributed by atoms with Gasteiger partial charge in [-0.05, 0) is 12.1 Å². The van der Waals surface area contributed by atoms with Gasteiger partial charge in [-0.25, -0.2) is 0 Å². The topological polar surface area (TPSA) is 98.8 Å². The Labute approximate surface area is 162 Å². The Hall–Kier alpha value is -2.20. The number of hydrogen-bond donors (Lipinski definition) is 0. The molecule has 0 spiro atoms. The zero-order valence-electron chi connectivity index (χ0n) is 16.2. The van der Waals surface area contributed by atoms with Gasteiger partial charge in [-0.3, -0.25) is 9.59 Å². The lowest BCUT2D eigenvalue weighted by molar-refractivity contribution is -0.359. The van der Waals surface area contributed by atoms with Crippen molar-refractivity contribution in [2.75, 3.05) is 20.8 Å². The third-order valence-electron chi connectivity index (χ3n) is 4.51. The highest BCUT2D eigenvalue weighted by molar-refractivity contribution is 5.67. The molecule has 9 nitrogen and oxygen atoms in total. The molecular formula is C19H24O9. The predicted molar refractivity (Wildman–Crippen MR) is 93.3 cm³/mol. The molecular weight excluding hydrogens is 372 g/mol. The van der Waals surface area contributed by atoms with E-state index in [-0.39, 0.29) is 6.61 Å². The molecule has 2 heterocycles. The molecule has 0 aliphatic carbocycles. The molecule has 0 amide bonds. The Morgan fingerprint density at radius 3 is 2.18 bits per heavy atom. The van der Waals surface area contributed by atoms with E-state index >= 15 is 0 Å². The van der Waals surface area contributed by atoms with Crippen molar-refractivity contribution in [3.63, 3.8) is 0 Å². The van der Waals surface area contributed by atoms with Crippen molar-refractivity contribution in [2.24, 2.45) is 0 Å². The van der Waals surface area contributed by atoms with E-state index in [0.29, 0.717) is 5.75 Å². The number of esters is 2. The number of rotatable bonds is 5. The molecule has 2 aliphatic heterocycles. The van der Waals surface area contributed by atoms with Crippen LogP contribution >= 0.6 is 0 Å². The fraction of sp³-hybridized carbons (Fsp3) is 0.579. The van der Waals surface area contributed by atoms with Crippen LogP contribution < -0.4 is 4.74 Å². The number of hydrogen-bond acceptors (Lipinski definition) is 9. The number of fused-ring (bicyclic) bond motifs is 1. The molecule has 2 aliphatic rings. The molecule has 0 N–H and O–H groups in total. The summed E-state index contributed by atoms with van der Waals surface area (Å²) in [6, 6.07) is 7.21. The fourth-order valence-electron chi connectivity index (χ4n) is 3.31. The summed E-state index contributed by atoms with van der Waals surface area (Å²) in [4.78, 5) is 23.2. The van der Waals surface area contributed by atoms with Crippen LogP contribution in [0.3, 0.4) is 0 Å². The summed E-state index contributed by atoms with van der Waals surface area (Å²) in [6.07, 6.45) is -4.77. The second-order valence-corrected chi connectivity index (χ2v) is 6.47. The van der Waals surface area contributed by atoms with E-state index in [0.717, 1.165) is 5.56 Å². The SMILES string of the molecule is COc1ccc([C@H]2OC[C@H]3O[C@H](OC)[C@H](OC(C)=O)[C@@H](OC(C)=O)[C@H]3O2)cc1. The molecule has 0 unspecified atom stereocenters. The van der Waals surface area contributed by atoms with E-state index in [1.54, 1.807) is 19.2 Å². The van der Waals surface area contributed by atoms with Gasteiger partial charge < -0.3 is 33.2 Å². The quantitative estimate of drug-likeness (QED) is 0.683. The van der Waals surface area contributed by atoms with Crippen molar-refractivity contribution in [1.82, 2.24) is 0 Å². The van der Waals surface area contributed by atoms with Crippen molar-refractivity contribution in [2.45, 2.75) is 50.8 Å². The van der Waals surface area contributed by atoms with E-state index in [2.05, 4.69) is 0 Å². The summed E-state index contributed by atoms with van der Waals surface area (Å²) in [5.74, 6) is -0.382. The fourth-order valence-corrected chi connectivity index (χ4v) is 3.31. The number of carbonyl (C=O) groups is 2. The van der Waals surface area contributed by atoms with Gasteiger partial charge in [-0.15, -0.1) is 0 Å². The maximum Gasteiger partial charge on any atom is 0.303 e. The van der Waals surface area contributed by atoms with E-state index in [1.807, 2.05) is 12.1 Å². The molecule has 1 aromatic rings. The Morgan fingerprint density at radius 1 is 0.964 bits per heavy atom. The summed E-state index contributed by atoms with van der Waals surface area (Å²) in [6.45, 7) is 2.72. The van der Waals surface area contributed by atoms with Crippen molar-refractivity contribution in [3.05, 3.63) is 29.8 Å². The normalized spacial score (nSPS) is 32.1. The lowest BCUT2D eigenvalue weighted by atomic mass is 9.97. The van der Waals surface area contributed by atoms with Crippen LogP contribution in [0.15, 0.2) is 24.3 Å². The van der Waals surface area contributed by atoms with E-state index in [1.165, 1.54) is 21.0 Å². The van der Waals surface area contributed by atoms with E-state index < -0.39 is 48.9 Å². The molecule has 28 heavy (non-hydrogen) atoms. The number of ether oxygens (including phenoxy) is 7.